The predicted octanol–water partition coefficient (Wildman–Crippen LogP) is 3.81. The number of halogens is 4. The first-order valence-electron chi connectivity index (χ1n) is 6.16. The Kier molecular flexibility index (Phi) is 5.83. The molecule has 0 aliphatic rings. The standard InChI is InChI=1S/C13H16ClF3N2O/c1-2-3-8(18)6-12(20)19-9-4-5-11(14)10(7-9)13(15,16)17/h4-5,7-8H,2-3,6,18H2,1H3,(H,19,20). The van der Waals surface area contributed by atoms with Gasteiger partial charge in [-0.1, -0.05) is 24.9 Å². The SMILES string of the molecule is CCCC(N)CC(=O)Nc1ccc(Cl)c(C(F)(F)F)c1. The zero-order chi connectivity index (χ0) is 15.3. The molecule has 1 atom stereocenters. The first-order valence-corrected chi connectivity index (χ1v) is 6.54. The third kappa shape index (κ3) is 5.02. The van der Waals surface area contributed by atoms with Crippen molar-refractivity contribution in [2.75, 3.05) is 5.32 Å². The number of nitrogens with one attached hydrogen (secondary N) is 1. The Morgan fingerprint density at radius 2 is 2.10 bits per heavy atom. The van der Waals surface area contributed by atoms with Gasteiger partial charge in [0.1, 0.15) is 0 Å². The van der Waals surface area contributed by atoms with Gasteiger partial charge in [-0.25, -0.2) is 0 Å². The smallest absolute Gasteiger partial charge is 0.327 e. The monoisotopic (exact) mass is 308 g/mol. The van der Waals surface area contributed by atoms with Crippen LogP contribution in [0.25, 0.3) is 0 Å². The average molecular weight is 309 g/mol. The number of nitrogens with two attached hydrogens (primary N) is 1. The van der Waals surface area contributed by atoms with E-state index in [0.29, 0.717) is 6.42 Å². The average Bonchev–Trinajstić information content (AvgIpc) is 2.30. The number of benzene rings is 1. The van der Waals surface area contributed by atoms with Gasteiger partial charge >= 0.3 is 6.18 Å². The molecule has 1 aromatic carbocycles. The van der Waals surface area contributed by atoms with Crippen LogP contribution in [0.15, 0.2) is 18.2 Å². The summed E-state index contributed by atoms with van der Waals surface area (Å²) in [6.07, 6.45) is -2.97. The topological polar surface area (TPSA) is 55.1 Å². The van der Waals surface area contributed by atoms with E-state index in [1.54, 1.807) is 0 Å². The van der Waals surface area contributed by atoms with E-state index >= 15 is 0 Å². The summed E-state index contributed by atoms with van der Waals surface area (Å²) in [5.41, 5.74) is 4.77. The second kappa shape index (κ2) is 6.95. The molecule has 112 valence electrons. The molecule has 0 saturated heterocycles. The van der Waals surface area contributed by atoms with E-state index in [9.17, 15) is 18.0 Å². The van der Waals surface area contributed by atoms with Crippen LogP contribution in [0.1, 0.15) is 31.7 Å². The van der Waals surface area contributed by atoms with Gasteiger partial charge < -0.3 is 11.1 Å². The third-order valence-electron chi connectivity index (χ3n) is 2.66. The van der Waals surface area contributed by atoms with E-state index in [-0.39, 0.29) is 18.2 Å². The van der Waals surface area contributed by atoms with Crippen molar-refractivity contribution < 1.29 is 18.0 Å². The van der Waals surface area contributed by atoms with Crippen LogP contribution in [0, 0.1) is 0 Å². The Bertz CT molecular complexity index is 477. The van der Waals surface area contributed by atoms with E-state index < -0.39 is 22.7 Å². The molecule has 1 rings (SSSR count). The lowest BCUT2D eigenvalue weighted by Gasteiger charge is -2.13. The van der Waals surface area contributed by atoms with Crippen LogP contribution in [-0.2, 0) is 11.0 Å². The minimum Gasteiger partial charge on any atom is -0.327 e. The van der Waals surface area contributed by atoms with Gasteiger partial charge in [0.05, 0.1) is 10.6 Å². The molecule has 7 heteroatoms. The van der Waals surface area contributed by atoms with Crippen LogP contribution in [0.2, 0.25) is 5.02 Å². The summed E-state index contributed by atoms with van der Waals surface area (Å²) < 4.78 is 38.0. The molecule has 0 bridgehead atoms. The maximum Gasteiger partial charge on any atom is 0.417 e. The van der Waals surface area contributed by atoms with Crippen molar-refractivity contribution in [3.05, 3.63) is 28.8 Å². The summed E-state index contributed by atoms with van der Waals surface area (Å²) in [5, 5.41) is 1.99. The zero-order valence-electron chi connectivity index (χ0n) is 10.9. The minimum atomic E-state index is -4.56. The molecule has 0 heterocycles. The van der Waals surface area contributed by atoms with Crippen LogP contribution < -0.4 is 11.1 Å². The molecule has 0 aromatic heterocycles. The second-order valence-corrected chi connectivity index (χ2v) is 4.90. The van der Waals surface area contributed by atoms with E-state index in [1.807, 2.05) is 6.92 Å². The first kappa shape index (κ1) is 16.8. The Labute approximate surface area is 120 Å². The molecule has 1 unspecified atom stereocenters. The summed E-state index contributed by atoms with van der Waals surface area (Å²) in [6, 6.07) is 2.94. The van der Waals surface area contributed by atoms with Gasteiger partial charge in [-0.05, 0) is 24.6 Å². The van der Waals surface area contributed by atoms with E-state index in [4.69, 9.17) is 17.3 Å². The number of amides is 1. The summed E-state index contributed by atoms with van der Waals surface area (Å²) in [7, 11) is 0. The fourth-order valence-corrected chi connectivity index (χ4v) is 1.97. The highest BCUT2D eigenvalue weighted by Crippen LogP contribution is 2.36. The molecule has 3 nitrogen and oxygen atoms in total. The number of carbonyl (C=O) groups is 1. The molecule has 20 heavy (non-hydrogen) atoms. The minimum absolute atomic E-state index is 0.0513. The molecule has 0 saturated carbocycles. The highest BCUT2D eigenvalue weighted by atomic mass is 35.5. The van der Waals surface area contributed by atoms with Crippen molar-refractivity contribution in [1.82, 2.24) is 0 Å². The highest BCUT2D eigenvalue weighted by Gasteiger charge is 2.33. The fraction of sp³-hybridized carbons (Fsp3) is 0.462. The second-order valence-electron chi connectivity index (χ2n) is 4.49. The lowest BCUT2D eigenvalue weighted by molar-refractivity contribution is -0.137. The Balaban J connectivity index is 2.76. The number of carbonyl (C=O) groups excluding carboxylic acids is 1. The van der Waals surface area contributed by atoms with Crippen molar-refractivity contribution >= 4 is 23.2 Å². The van der Waals surface area contributed by atoms with Gasteiger partial charge in [0, 0.05) is 18.2 Å². The molecular formula is C13H16ClF3N2O. The number of hydrogen-bond donors (Lipinski definition) is 2. The van der Waals surface area contributed by atoms with Crippen LogP contribution in [0.4, 0.5) is 18.9 Å². The molecule has 0 aliphatic heterocycles. The molecular weight excluding hydrogens is 293 g/mol. The number of alkyl halides is 3. The Morgan fingerprint density at radius 1 is 1.45 bits per heavy atom. The van der Waals surface area contributed by atoms with Gasteiger partial charge in [0.15, 0.2) is 0 Å². The molecule has 3 N–H and O–H groups in total. The Morgan fingerprint density at radius 3 is 2.65 bits per heavy atom. The Hall–Kier alpha value is -1.27. The van der Waals surface area contributed by atoms with Crippen LogP contribution in [0.3, 0.4) is 0 Å². The lowest BCUT2D eigenvalue weighted by atomic mass is 10.1. The van der Waals surface area contributed by atoms with E-state index in [0.717, 1.165) is 18.6 Å². The molecule has 0 radical (unpaired) electrons. The zero-order valence-corrected chi connectivity index (χ0v) is 11.7. The predicted molar refractivity (Wildman–Crippen MR) is 72.6 cm³/mol. The van der Waals surface area contributed by atoms with Gasteiger partial charge in [0.2, 0.25) is 5.91 Å². The first-order chi connectivity index (χ1) is 9.24. The van der Waals surface area contributed by atoms with Gasteiger partial charge in [-0.3, -0.25) is 4.79 Å². The number of rotatable bonds is 5. The van der Waals surface area contributed by atoms with Crippen molar-refractivity contribution in [3.8, 4) is 0 Å². The van der Waals surface area contributed by atoms with E-state index in [1.165, 1.54) is 6.07 Å². The van der Waals surface area contributed by atoms with Crippen molar-refractivity contribution in [2.24, 2.45) is 5.73 Å². The fourth-order valence-electron chi connectivity index (χ4n) is 1.74. The quantitative estimate of drug-likeness (QED) is 0.869. The van der Waals surface area contributed by atoms with Crippen LogP contribution in [-0.4, -0.2) is 11.9 Å². The van der Waals surface area contributed by atoms with Crippen LogP contribution >= 0.6 is 11.6 Å². The van der Waals surface area contributed by atoms with Crippen molar-refractivity contribution in [2.45, 2.75) is 38.4 Å². The van der Waals surface area contributed by atoms with Crippen molar-refractivity contribution in [3.63, 3.8) is 0 Å². The number of hydrogen-bond acceptors (Lipinski definition) is 2. The summed E-state index contributed by atoms with van der Waals surface area (Å²) in [5.74, 6) is -0.415. The molecule has 0 fully saturated rings. The molecule has 1 aromatic rings. The van der Waals surface area contributed by atoms with Gasteiger partial charge in [0.25, 0.3) is 0 Å². The maximum atomic E-state index is 12.7. The lowest BCUT2D eigenvalue weighted by Crippen LogP contribution is -2.27. The molecule has 0 aliphatic carbocycles. The van der Waals surface area contributed by atoms with Crippen molar-refractivity contribution in [1.29, 1.82) is 0 Å². The van der Waals surface area contributed by atoms with Gasteiger partial charge in [-0.2, -0.15) is 13.2 Å². The summed E-state index contributed by atoms with van der Waals surface area (Å²) >= 11 is 5.49. The largest absolute Gasteiger partial charge is 0.417 e. The van der Waals surface area contributed by atoms with Crippen LogP contribution in [0.5, 0.6) is 0 Å². The summed E-state index contributed by atoms with van der Waals surface area (Å²) in [6.45, 7) is 1.94. The van der Waals surface area contributed by atoms with E-state index in [2.05, 4.69) is 5.32 Å². The maximum absolute atomic E-state index is 12.7. The highest BCUT2D eigenvalue weighted by molar-refractivity contribution is 6.31. The normalized spacial score (nSPS) is 13.1. The third-order valence-corrected chi connectivity index (χ3v) is 2.99. The molecule has 1 amide bonds. The summed E-state index contributed by atoms with van der Waals surface area (Å²) in [4.78, 5) is 11.6. The van der Waals surface area contributed by atoms with Gasteiger partial charge in [-0.15, -0.1) is 0 Å². The molecule has 0 spiro atoms. The number of anilines is 1.